The first-order valence-electron chi connectivity index (χ1n) is 10.0. The van der Waals surface area contributed by atoms with Gasteiger partial charge in [0.25, 0.3) is 5.91 Å². The van der Waals surface area contributed by atoms with Gasteiger partial charge in [-0.25, -0.2) is 0 Å². The number of carbonyl (C=O) groups is 2. The van der Waals surface area contributed by atoms with Crippen LogP contribution in [-0.2, 0) is 18.3 Å². The minimum absolute atomic E-state index is 0.0701. The molecule has 4 rings (SSSR count). The number of benzene rings is 1. The Morgan fingerprint density at radius 1 is 1.13 bits per heavy atom. The molecule has 3 heterocycles. The van der Waals surface area contributed by atoms with E-state index in [1.165, 1.54) is 11.1 Å². The van der Waals surface area contributed by atoms with E-state index in [4.69, 9.17) is 0 Å². The average molecular weight is 423 g/mol. The molecule has 156 valence electrons. The molecule has 1 aliphatic heterocycles. The van der Waals surface area contributed by atoms with Crippen LogP contribution >= 0.6 is 11.3 Å². The standard InChI is InChI=1S/C23H26N4O2S/c1-25(2)22(29)23(10-12-27(16-23)21(28)20-8-11-26(3)24-20)14-17-4-6-18(7-5-17)19-9-13-30-15-19/h4-9,11,13,15H,10,12,14,16H2,1-3H3/t23-/m0/s1. The van der Waals surface area contributed by atoms with Gasteiger partial charge in [0, 0.05) is 40.4 Å². The molecule has 2 aromatic heterocycles. The minimum Gasteiger partial charge on any atom is -0.348 e. The molecule has 1 aliphatic rings. The zero-order valence-corrected chi connectivity index (χ0v) is 18.4. The molecule has 2 amide bonds. The molecule has 0 N–H and O–H groups in total. The summed E-state index contributed by atoms with van der Waals surface area (Å²) in [5.74, 6) is -0.0439. The molecule has 0 spiro atoms. The van der Waals surface area contributed by atoms with Gasteiger partial charge in [-0.3, -0.25) is 14.3 Å². The Kier molecular flexibility index (Phi) is 5.47. The number of carbonyl (C=O) groups excluding carboxylic acids is 2. The number of aromatic nitrogens is 2. The molecule has 0 bridgehead atoms. The molecule has 0 radical (unpaired) electrons. The van der Waals surface area contributed by atoms with Crippen LogP contribution in [0.2, 0.25) is 0 Å². The Morgan fingerprint density at radius 3 is 2.50 bits per heavy atom. The zero-order valence-electron chi connectivity index (χ0n) is 17.5. The Balaban J connectivity index is 1.56. The van der Waals surface area contributed by atoms with Gasteiger partial charge < -0.3 is 9.80 Å². The molecule has 30 heavy (non-hydrogen) atoms. The molecule has 1 fully saturated rings. The number of likely N-dealkylation sites (tertiary alicyclic amines) is 1. The molecule has 0 unspecified atom stereocenters. The fraction of sp³-hybridized carbons (Fsp3) is 0.348. The fourth-order valence-electron chi connectivity index (χ4n) is 4.24. The highest BCUT2D eigenvalue weighted by Crippen LogP contribution is 2.37. The lowest BCUT2D eigenvalue weighted by Crippen LogP contribution is -2.44. The molecular formula is C23H26N4O2S. The first-order valence-corrected chi connectivity index (χ1v) is 10.9. The van der Waals surface area contributed by atoms with E-state index < -0.39 is 5.41 Å². The summed E-state index contributed by atoms with van der Waals surface area (Å²) in [6.45, 7) is 0.966. The molecule has 1 aromatic carbocycles. The van der Waals surface area contributed by atoms with Crippen LogP contribution < -0.4 is 0 Å². The molecule has 6 nitrogen and oxygen atoms in total. The van der Waals surface area contributed by atoms with Gasteiger partial charge in [0.05, 0.1) is 5.41 Å². The van der Waals surface area contributed by atoms with Gasteiger partial charge in [0.1, 0.15) is 5.69 Å². The van der Waals surface area contributed by atoms with E-state index >= 15 is 0 Å². The van der Waals surface area contributed by atoms with E-state index in [1.807, 2.05) is 0 Å². The maximum absolute atomic E-state index is 13.2. The third kappa shape index (κ3) is 3.89. The lowest BCUT2D eigenvalue weighted by molar-refractivity contribution is -0.138. The van der Waals surface area contributed by atoms with Gasteiger partial charge in [-0.1, -0.05) is 24.3 Å². The van der Waals surface area contributed by atoms with Crippen LogP contribution in [0, 0.1) is 5.41 Å². The Hall–Kier alpha value is -2.93. The van der Waals surface area contributed by atoms with E-state index in [1.54, 1.807) is 59.2 Å². The smallest absolute Gasteiger partial charge is 0.274 e. The second-order valence-electron chi connectivity index (χ2n) is 8.22. The summed E-state index contributed by atoms with van der Waals surface area (Å²) in [4.78, 5) is 29.5. The van der Waals surface area contributed by atoms with Crippen molar-refractivity contribution in [3.05, 3.63) is 64.6 Å². The predicted molar refractivity (Wildman–Crippen MR) is 118 cm³/mol. The maximum atomic E-state index is 13.2. The fourth-order valence-corrected chi connectivity index (χ4v) is 4.91. The highest BCUT2D eigenvalue weighted by molar-refractivity contribution is 7.08. The van der Waals surface area contributed by atoms with Crippen LogP contribution in [0.3, 0.4) is 0 Å². The van der Waals surface area contributed by atoms with Gasteiger partial charge in [-0.15, -0.1) is 0 Å². The van der Waals surface area contributed by atoms with Crippen LogP contribution in [0.4, 0.5) is 0 Å². The summed E-state index contributed by atoms with van der Waals surface area (Å²) in [5.41, 5.74) is 3.30. The zero-order chi connectivity index (χ0) is 21.3. The molecule has 3 aromatic rings. The van der Waals surface area contributed by atoms with E-state index in [2.05, 4.69) is 46.2 Å². The van der Waals surface area contributed by atoms with Crippen molar-refractivity contribution in [2.75, 3.05) is 27.2 Å². The normalized spacial score (nSPS) is 18.6. The lowest BCUT2D eigenvalue weighted by atomic mass is 9.79. The summed E-state index contributed by atoms with van der Waals surface area (Å²) in [5, 5.41) is 8.43. The van der Waals surface area contributed by atoms with E-state index in [0.717, 1.165) is 5.56 Å². The third-order valence-corrected chi connectivity index (χ3v) is 6.47. The first kappa shape index (κ1) is 20.3. The number of rotatable bonds is 5. The van der Waals surface area contributed by atoms with Crippen molar-refractivity contribution >= 4 is 23.2 Å². The van der Waals surface area contributed by atoms with Crippen LogP contribution in [-0.4, -0.2) is 58.6 Å². The summed E-state index contributed by atoms with van der Waals surface area (Å²) in [6.07, 6.45) is 3.02. The molecule has 0 aliphatic carbocycles. The van der Waals surface area contributed by atoms with Gasteiger partial charge in [0.15, 0.2) is 0 Å². The van der Waals surface area contributed by atoms with Gasteiger partial charge >= 0.3 is 0 Å². The van der Waals surface area contributed by atoms with Crippen molar-refractivity contribution in [2.45, 2.75) is 12.8 Å². The van der Waals surface area contributed by atoms with Crippen molar-refractivity contribution < 1.29 is 9.59 Å². The summed E-state index contributed by atoms with van der Waals surface area (Å²) in [6, 6.07) is 12.2. The van der Waals surface area contributed by atoms with Crippen molar-refractivity contribution in [1.82, 2.24) is 19.6 Å². The van der Waals surface area contributed by atoms with Gasteiger partial charge in [-0.2, -0.15) is 16.4 Å². The number of aryl methyl sites for hydroxylation is 1. The number of nitrogens with zero attached hydrogens (tertiary/aromatic N) is 4. The molecule has 1 saturated heterocycles. The van der Waals surface area contributed by atoms with E-state index in [-0.39, 0.29) is 11.8 Å². The predicted octanol–water partition coefficient (Wildman–Crippen LogP) is 3.31. The minimum atomic E-state index is -0.613. The quantitative estimate of drug-likeness (QED) is 0.634. The van der Waals surface area contributed by atoms with Crippen molar-refractivity contribution in [3.8, 4) is 11.1 Å². The molecule has 1 atom stereocenters. The SMILES string of the molecule is CN(C)C(=O)[C@]1(Cc2ccc(-c3ccsc3)cc2)CCN(C(=O)c2ccn(C)n2)C1. The molecule has 7 heteroatoms. The summed E-state index contributed by atoms with van der Waals surface area (Å²) < 4.78 is 1.62. The number of hydrogen-bond donors (Lipinski definition) is 0. The first-order chi connectivity index (χ1) is 14.4. The highest BCUT2D eigenvalue weighted by Gasteiger charge is 2.47. The largest absolute Gasteiger partial charge is 0.348 e. The monoisotopic (exact) mass is 422 g/mol. The molecular weight excluding hydrogens is 396 g/mol. The number of thiophene rings is 1. The summed E-state index contributed by atoms with van der Waals surface area (Å²) >= 11 is 1.68. The van der Waals surface area contributed by atoms with Crippen LogP contribution in [0.5, 0.6) is 0 Å². The van der Waals surface area contributed by atoms with Crippen LogP contribution in [0.15, 0.2) is 53.4 Å². The van der Waals surface area contributed by atoms with Crippen LogP contribution in [0.25, 0.3) is 11.1 Å². The highest BCUT2D eigenvalue weighted by atomic mass is 32.1. The van der Waals surface area contributed by atoms with Crippen LogP contribution in [0.1, 0.15) is 22.5 Å². The maximum Gasteiger partial charge on any atom is 0.274 e. The van der Waals surface area contributed by atoms with Gasteiger partial charge in [0.2, 0.25) is 5.91 Å². The number of amides is 2. The van der Waals surface area contributed by atoms with Crippen molar-refractivity contribution in [2.24, 2.45) is 12.5 Å². The van der Waals surface area contributed by atoms with Gasteiger partial charge in [-0.05, 0) is 52.4 Å². The Labute approximate surface area is 180 Å². The second kappa shape index (κ2) is 8.07. The van der Waals surface area contributed by atoms with E-state index in [9.17, 15) is 9.59 Å². The third-order valence-electron chi connectivity index (χ3n) is 5.78. The number of hydrogen-bond acceptors (Lipinski definition) is 4. The van der Waals surface area contributed by atoms with E-state index in [0.29, 0.717) is 31.6 Å². The Morgan fingerprint density at radius 2 is 1.90 bits per heavy atom. The topological polar surface area (TPSA) is 58.4 Å². The average Bonchev–Trinajstić information content (AvgIpc) is 3.49. The summed E-state index contributed by atoms with van der Waals surface area (Å²) in [7, 11) is 5.36. The lowest BCUT2D eigenvalue weighted by Gasteiger charge is -2.31. The molecule has 0 saturated carbocycles. The van der Waals surface area contributed by atoms with Crippen molar-refractivity contribution in [3.63, 3.8) is 0 Å². The second-order valence-corrected chi connectivity index (χ2v) is 9.00. The van der Waals surface area contributed by atoms with Crippen molar-refractivity contribution in [1.29, 1.82) is 0 Å². The Bertz CT molecular complexity index is 1040.